The smallest absolute Gasteiger partial charge is 0.0703 e. The molecule has 1 aliphatic rings. The summed E-state index contributed by atoms with van der Waals surface area (Å²) in [4.78, 5) is 0. The maximum Gasteiger partial charge on any atom is 0.0703 e. The Balaban J connectivity index is 2.01. The molecule has 0 amide bonds. The van der Waals surface area contributed by atoms with Crippen LogP contribution in [0, 0.1) is 0 Å². The topological polar surface area (TPSA) is 29.5 Å². The third-order valence-corrected chi connectivity index (χ3v) is 4.52. The number of hydrogen-bond donors (Lipinski definition) is 1. The Morgan fingerprint density at radius 3 is 2.39 bits per heavy atom. The average Bonchev–Trinajstić information content (AvgIpc) is 2.29. The lowest BCUT2D eigenvalue weighted by Crippen LogP contribution is -2.42. The highest BCUT2D eigenvalue weighted by atomic mass is 35.5. The highest BCUT2D eigenvalue weighted by Crippen LogP contribution is 2.39. The lowest BCUT2D eigenvalue weighted by molar-refractivity contribution is -0.0989. The van der Waals surface area contributed by atoms with Gasteiger partial charge in [-0.25, -0.2) is 0 Å². The molecule has 0 heterocycles. The molecule has 18 heavy (non-hydrogen) atoms. The zero-order chi connectivity index (χ0) is 13.2. The van der Waals surface area contributed by atoms with Crippen LogP contribution in [-0.2, 0) is 11.2 Å². The van der Waals surface area contributed by atoms with E-state index in [2.05, 4.69) is 0 Å². The van der Waals surface area contributed by atoms with Crippen molar-refractivity contribution in [1.29, 1.82) is 0 Å². The number of ether oxygens (including phenoxy) is 1. The van der Waals surface area contributed by atoms with E-state index in [0.29, 0.717) is 22.9 Å². The van der Waals surface area contributed by atoms with Gasteiger partial charge in [0.2, 0.25) is 0 Å². The Bertz CT molecular complexity index is 390. The van der Waals surface area contributed by atoms with E-state index in [0.717, 1.165) is 18.4 Å². The normalized spacial score (nSPS) is 19.3. The van der Waals surface area contributed by atoms with Crippen LogP contribution in [0.5, 0.6) is 0 Å². The first kappa shape index (κ1) is 14.1. The number of aliphatic hydroxyl groups excluding tert-OH is 1. The first-order valence-corrected chi connectivity index (χ1v) is 6.98. The molecule has 1 unspecified atom stereocenters. The van der Waals surface area contributed by atoms with Crippen LogP contribution in [0.15, 0.2) is 18.2 Å². The van der Waals surface area contributed by atoms with Gasteiger partial charge in [0.25, 0.3) is 0 Å². The first-order valence-electron chi connectivity index (χ1n) is 6.22. The molecule has 1 aliphatic carbocycles. The van der Waals surface area contributed by atoms with Crippen molar-refractivity contribution in [3.63, 3.8) is 0 Å². The third-order valence-electron chi connectivity index (χ3n) is 3.81. The highest BCUT2D eigenvalue weighted by Gasteiger charge is 2.38. The summed E-state index contributed by atoms with van der Waals surface area (Å²) in [6.45, 7) is 0. The minimum Gasteiger partial charge on any atom is -0.393 e. The minimum atomic E-state index is -0.470. The molecule has 0 saturated heterocycles. The molecule has 0 radical (unpaired) electrons. The number of hydrogen-bond acceptors (Lipinski definition) is 2. The summed E-state index contributed by atoms with van der Waals surface area (Å²) in [5, 5.41) is 11.4. The second kappa shape index (κ2) is 5.79. The Morgan fingerprint density at radius 1 is 1.33 bits per heavy atom. The fourth-order valence-corrected chi connectivity index (χ4v) is 3.08. The Hall–Kier alpha value is -0.280. The summed E-state index contributed by atoms with van der Waals surface area (Å²) >= 11 is 12.2. The summed E-state index contributed by atoms with van der Waals surface area (Å²) in [6.07, 6.45) is 3.87. The molecule has 1 aromatic rings. The van der Waals surface area contributed by atoms with Gasteiger partial charge in [-0.3, -0.25) is 0 Å². The number of halogens is 2. The molecular weight excluding hydrogens is 271 g/mol. The van der Waals surface area contributed by atoms with Gasteiger partial charge in [0.05, 0.1) is 11.7 Å². The van der Waals surface area contributed by atoms with E-state index in [4.69, 9.17) is 27.9 Å². The molecule has 2 rings (SSSR count). The summed E-state index contributed by atoms with van der Waals surface area (Å²) in [5.74, 6) is 0. The number of benzene rings is 1. The summed E-state index contributed by atoms with van der Waals surface area (Å²) < 4.78 is 5.52. The van der Waals surface area contributed by atoms with E-state index < -0.39 is 6.10 Å². The monoisotopic (exact) mass is 288 g/mol. The van der Waals surface area contributed by atoms with Crippen LogP contribution < -0.4 is 0 Å². The summed E-state index contributed by atoms with van der Waals surface area (Å²) in [7, 11) is 1.72. The van der Waals surface area contributed by atoms with Crippen LogP contribution in [0.4, 0.5) is 0 Å². The van der Waals surface area contributed by atoms with Crippen molar-refractivity contribution in [3.05, 3.63) is 33.8 Å². The fourth-order valence-electron chi connectivity index (χ4n) is 2.53. The van der Waals surface area contributed by atoms with E-state index in [-0.39, 0.29) is 5.60 Å². The van der Waals surface area contributed by atoms with E-state index in [1.807, 2.05) is 6.07 Å². The molecule has 1 N–H and O–H groups in total. The van der Waals surface area contributed by atoms with Crippen LogP contribution in [0.3, 0.4) is 0 Å². The van der Waals surface area contributed by atoms with Gasteiger partial charge < -0.3 is 9.84 Å². The van der Waals surface area contributed by atoms with Crippen LogP contribution in [0.1, 0.15) is 31.2 Å². The van der Waals surface area contributed by atoms with Crippen molar-refractivity contribution in [2.45, 2.75) is 43.8 Å². The van der Waals surface area contributed by atoms with Gasteiger partial charge in [0, 0.05) is 30.0 Å². The molecule has 100 valence electrons. The molecule has 1 saturated carbocycles. The van der Waals surface area contributed by atoms with Crippen LogP contribution in [0.25, 0.3) is 0 Å². The zero-order valence-corrected chi connectivity index (χ0v) is 12.0. The van der Waals surface area contributed by atoms with Crippen molar-refractivity contribution >= 4 is 23.2 Å². The largest absolute Gasteiger partial charge is 0.393 e. The van der Waals surface area contributed by atoms with Crippen LogP contribution >= 0.6 is 23.2 Å². The van der Waals surface area contributed by atoms with E-state index >= 15 is 0 Å². The maximum atomic E-state index is 10.2. The standard InChI is InChI=1S/C14H18Cl2O2/c1-18-14(6-3-7-14)9-10(17)8-11-12(15)4-2-5-13(11)16/h2,4-5,10,17H,3,6-9H2,1H3. The van der Waals surface area contributed by atoms with Crippen molar-refractivity contribution in [1.82, 2.24) is 0 Å². The Kier molecular flexibility index (Phi) is 4.54. The van der Waals surface area contributed by atoms with E-state index in [9.17, 15) is 5.11 Å². The molecule has 0 bridgehead atoms. The van der Waals surface area contributed by atoms with Gasteiger partial charge >= 0.3 is 0 Å². The molecule has 1 fully saturated rings. The minimum absolute atomic E-state index is 0.132. The molecule has 0 spiro atoms. The lowest BCUT2D eigenvalue weighted by atomic mass is 9.75. The second-order valence-corrected chi connectivity index (χ2v) is 5.82. The maximum absolute atomic E-state index is 10.2. The van der Waals surface area contributed by atoms with Crippen molar-refractivity contribution < 1.29 is 9.84 Å². The zero-order valence-electron chi connectivity index (χ0n) is 10.5. The number of aliphatic hydroxyl groups is 1. The van der Waals surface area contributed by atoms with Crippen LogP contribution in [-0.4, -0.2) is 23.9 Å². The molecule has 1 aromatic carbocycles. The molecule has 0 aromatic heterocycles. The van der Waals surface area contributed by atoms with Crippen molar-refractivity contribution in [3.8, 4) is 0 Å². The molecule has 4 heteroatoms. The molecule has 2 nitrogen and oxygen atoms in total. The van der Waals surface area contributed by atoms with Gasteiger partial charge in [0.15, 0.2) is 0 Å². The molecule has 0 aliphatic heterocycles. The second-order valence-electron chi connectivity index (χ2n) is 5.00. The first-order chi connectivity index (χ1) is 8.56. The van der Waals surface area contributed by atoms with E-state index in [1.54, 1.807) is 19.2 Å². The number of rotatable bonds is 5. The lowest BCUT2D eigenvalue weighted by Gasteiger charge is -2.42. The van der Waals surface area contributed by atoms with Crippen molar-refractivity contribution in [2.24, 2.45) is 0 Å². The number of methoxy groups -OCH3 is 1. The quantitative estimate of drug-likeness (QED) is 0.892. The average molecular weight is 289 g/mol. The van der Waals surface area contributed by atoms with Gasteiger partial charge in [-0.15, -0.1) is 0 Å². The van der Waals surface area contributed by atoms with Gasteiger partial charge in [-0.05, 0) is 37.0 Å². The van der Waals surface area contributed by atoms with Gasteiger partial charge in [-0.1, -0.05) is 29.3 Å². The van der Waals surface area contributed by atoms with Crippen LogP contribution in [0.2, 0.25) is 10.0 Å². The summed E-state index contributed by atoms with van der Waals surface area (Å²) in [5.41, 5.74) is 0.687. The van der Waals surface area contributed by atoms with Crippen molar-refractivity contribution in [2.75, 3.05) is 7.11 Å². The van der Waals surface area contributed by atoms with Gasteiger partial charge in [0.1, 0.15) is 0 Å². The Labute approximate surface area is 118 Å². The predicted octanol–water partition coefficient (Wildman–Crippen LogP) is 3.86. The third kappa shape index (κ3) is 3.00. The fraction of sp³-hybridized carbons (Fsp3) is 0.571. The van der Waals surface area contributed by atoms with Gasteiger partial charge in [-0.2, -0.15) is 0 Å². The Morgan fingerprint density at radius 2 is 1.94 bits per heavy atom. The molecule has 1 atom stereocenters. The predicted molar refractivity (Wildman–Crippen MR) is 74.4 cm³/mol. The summed E-state index contributed by atoms with van der Waals surface area (Å²) in [6, 6.07) is 5.40. The van der Waals surface area contributed by atoms with E-state index in [1.165, 1.54) is 6.42 Å². The molecular formula is C14H18Cl2O2. The highest BCUT2D eigenvalue weighted by molar-refractivity contribution is 6.35. The SMILES string of the molecule is COC1(CC(O)Cc2c(Cl)cccc2Cl)CCC1.